The molecule has 1 aromatic heterocycles. The normalized spacial score (nSPS) is 11.8. The highest BCUT2D eigenvalue weighted by Crippen LogP contribution is 2.02. The number of pyridine rings is 1. The molecule has 0 bridgehead atoms. The number of amides is 1. The van der Waals surface area contributed by atoms with Crippen molar-refractivity contribution in [1.29, 1.82) is 0 Å². The standard InChI is InChI=1S/C15H17N3O/c1-12(11-13-5-3-2-4-6-13)17-18-15(19)14-7-9-16-10-8-14/h2-10,12,17H,11H2,1H3,(H,18,19). The van der Waals surface area contributed by atoms with Crippen LogP contribution in [0.5, 0.6) is 0 Å². The lowest BCUT2D eigenvalue weighted by molar-refractivity contribution is 0.0926. The summed E-state index contributed by atoms with van der Waals surface area (Å²) >= 11 is 0. The smallest absolute Gasteiger partial charge is 0.265 e. The number of hydrogen-bond acceptors (Lipinski definition) is 3. The zero-order valence-electron chi connectivity index (χ0n) is 10.8. The Balaban J connectivity index is 1.81. The van der Waals surface area contributed by atoms with Crippen molar-refractivity contribution < 1.29 is 4.79 Å². The third-order valence-electron chi connectivity index (χ3n) is 2.76. The molecular formula is C15H17N3O. The second-order valence-corrected chi connectivity index (χ2v) is 4.43. The molecule has 4 nitrogen and oxygen atoms in total. The van der Waals surface area contributed by atoms with E-state index in [1.165, 1.54) is 5.56 Å². The van der Waals surface area contributed by atoms with Gasteiger partial charge in [-0.15, -0.1) is 0 Å². The van der Waals surface area contributed by atoms with Gasteiger partial charge in [0, 0.05) is 24.0 Å². The van der Waals surface area contributed by atoms with Gasteiger partial charge >= 0.3 is 0 Å². The number of nitrogens with one attached hydrogen (secondary N) is 2. The summed E-state index contributed by atoms with van der Waals surface area (Å²) in [6, 6.07) is 13.7. The van der Waals surface area contributed by atoms with Gasteiger partial charge in [-0.25, -0.2) is 5.43 Å². The van der Waals surface area contributed by atoms with Crippen LogP contribution >= 0.6 is 0 Å². The van der Waals surface area contributed by atoms with Crippen molar-refractivity contribution >= 4 is 5.91 Å². The SMILES string of the molecule is CC(Cc1ccccc1)NNC(=O)c1ccncc1. The molecule has 1 unspecified atom stereocenters. The molecule has 19 heavy (non-hydrogen) atoms. The van der Waals surface area contributed by atoms with Gasteiger partial charge in [0.05, 0.1) is 0 Å². The van der Waals surface area contributed by atoms with Crippen molar-refractivity contribution in [2.24, 2.45) is 0 Å². The van der Waals surface area contributed by atoms with Gasteiger partial charge in [-0.2, -0.15) is 0 Å². The summed E-state index contributed by atoms with van der Waals surface area (Å²) in [5.41, 5.74) is 7.54. The quantitative estimate of drug-likeness (QED) is 0.803. The first kappa shape index (κ1) is 13.2. The molecule has 2 aromatic rings. The summed E-state index contributed by atoms with van der Waals surface area (Å²) in [5, 5.41) is 0. The molecule has 0 spiro atoms. The molecule has 4 heteroatoms. The topological polar surface area (TPSA) is 54.0 Å². The molecule has 0 saturated carbocycles. The summed E-state index contributed by atoms with van der Waals surface area (Å²) in [6.45, 7) is 2.03. The molecule has 0 aliphatic rings. The predicted molar refractivity (Wildman–Crippen MR) is 74.4 cm³/mol. The lowest BCUT2D eigenvalue weighted by Crippen LogP contribution is -2.43. The van der Waals surface area contributed by atoms with E-state index in [1.54, 1.807) is 24.5 Å². The molecule has 2 rings (SSSR count). The van der Waals surface area contributed by atoms with Crippen LogP contribution in [0.3, 0.4) is 0 Å². The fraction of sp³-hybridized carbons (Fsp3) is 0.200. The van der Waals surface area contributed by atoms with Crippen LogP contribution in [-0.2, 0) is 6.42 Å². The summed E-state index contributed by atoms with van der Waals surface area (Å²) in [6.07, 6.45) is 4.06. The van der Waals surface area contributed by atoms with Gasteiger partial charge in [-0.1, -0.05) is 30.3 Å². The molecule has 0 radical (unpaired) electrons. The third-order valence-corrected chi connectivity index (χ3v) is 2.76. The van der Waals surface area contributed by atoms with Crippen LogP contribution in [-0.4, -0.2) is 16.9 Å². The van der Waals surface area contributed by atoms with E-state index in [0.717, 1.165) is 6.42 Å². The molecule has 0 aliphatic heterocycles. The highest BCUT2D eigenvalue weighted by atomic mass is 16.2. The Labute approximate surface area is 112 Å². The van der Waals surface area contributed by atoms with E-state index >= 15 is 0 Å². The minimum Gasteiger partial charge on any atom is -0.287 e. The molecule has 0 fully saturated rings. The van der Waals surface area contributed by atoms with Crippen LogP contribution in [0.1, 0.15) is 22.8 Å². The van der Waals surface area contributed by atoms with Crippen molar-refractivity contribution in [3.05, 3.63) is 66.0 Å². The van der Waals surface area contributed by atoms with Gasteiger partial charge < -0.3 is 0 Å². The minimum absolute atomic E-state index is 0.151. The summed E-state index contributed by atoms with van der Waals surface area (Å²) in [4.78, 5) is 15.7. The second kappa shape index (κ2) is 6.66. The number of hydrazine groups is 1. The maximum absolute atomic E-state index is 11.8. The molecule has 1 aromatic carbocycles. The molecule has 1 heterocycles. The number of benzene rings is 1. The Kier molecular flexibility index (Phi) is 4.64. The van der Waals surface area contributed by atoms with Gasteiger partial charge in [-0.05, 0) is 31.0 Å². The lowest BCUT2D eigenvalue weighted by Gasteiger charge is -2.14. The molecule has 1 amide bonds. The van der Waals surface area contributed by atoms with E-state index in [0.29, 0.717) is 5.56 Å². The Hall–Kier alpha value is -2.20. The molecule has 0 aliphatic carbocycles. The van der Waals surface area contributed by atoms with E-state index in [-0.39, 0.29) is 11.9 Å². The minimum atomic E-state index is -0.151. The monoisotopic (exact) mass is 255 g/mol. The summed E-state index contributed by atoms with van der Waals surface area (Å²) < 4.78 is 0. The van der Waals surface area contributed by atoms with Crippen LogP contribution in [0.25, 0.3) is 0 Å². The van der Waals surface area contributed by atoms with E-state index in [9.17, 15) is 4.79 Å². The van der Waals surface area contributed by atoms with Crippen LogP contribution in [0, 0.1) is 0 Å². The van der Waals surface area contributed by atoms with Gasteiger partial charge in [-0.3, -0.25) is 15.2 Å². The van der Waals surface area contributed by atoms with Gasteiger partial charge in [0.2, 0.25) is 0 Å². The first-order chi connectivity index (χ1) is 9.25. The first-order valence-electron chi connectivity index (χ1n) is 6.25. The van der Waals surface area contributed by atoms with E-state index < -0.39 is 0 Å². The highest BCUT2D eigenvalue weighted by molar-refractivity contribution is 5.93. The average molecular weight is 255 g/mol. The van der Waals surface area contributed by atoms with Crippen LogP contribution in [0.2, 0.25) is 0 Å². The first-order valence-corrected chi connectivity index (χ1v) is 6.25. The Morgan fingerprint density at radius 1 is 1.16 bits per heavy atom. The van der Waals surface area contributed by atoms with E-state index in [4.69, 9.17) is 0 Å². The van der Waals surface area contributed by atoms with E-state index in [2.05, 4.69) is 28.0 Å². The van der Waals surface area contributed by atoms with Gasteiger partial charge in [0.15, 0.2) is 0 Å². The Morgan fingerprint density at radius 3 is 2.53 bits per heavy atom. The Morgan fingerprint density at radius 2 is 1.84 bits per heavy atom. The molecule has 1 atom stereocenters. The van der Waals surface area contributed by atoms with Crippen molar-refractivity contribution in [3.8, 4) is 0 Å². The van der Waals surface area contributed by atoms with E-state index in [1.807, 2.05) is 25.1 Å². The predicted octanol–water partition coefficient (Wildman–Crippen LogP) is 1.95. The zero-order chi connectivity index (χ0) is 13.5. The molecule has 98 valence electrons. The summed E-state index contributed by atoms with van der Waals surface area (Å²) in [5.74, 6) is -0.151. The van der Waals surface area contributed by atoms with Crippen molar-refractivity contribution in [1.82, 2.24) is 15.8 Å². The maximum Gasteiger partial charge on any atom is 0.265 e. The van der Waals surface area contributed by atoms with Crippen molar-refractivity contribution in [2.75, 3.05) is 0 Å². The van der Waals surface area contributed by atoms with Crippen molar-refractivity contribution in [2.45, 2.75) is 19.4 Å². The lowest BCUT2D eigenvalue weighted by atomic mass is 10.1. The van der Waals surface area contributed by atoms with Crippen LogP contribution in [0.15, 0.2) is 54.9 Å². The maximum atomic E-state index is 11.8. The van der Waals surface area contributed by atoms with Gasteiger partial charge in [0.1, 0.15) is 0 Å². The van der Waals surface area contributed by atoms with Crippen LogP contribution in [0.4, 0.5) is 0 Å². The average Bonchev–Trinajstić information content (AvgIpc) is 2.47. The molecular weight excluding hydrogens is 238 g/mol. The number of aromatic nitrogens is 1. The number of carbonyl (C=O) groups is 1. The second-order valence-electron chi connectivity index (χ2n) is 4.43. The highest BCUT2D eigenvalue weighted by Gasteiger charge is 2.07. The Bertz CT molecular complexity index is 513. The summed E-state index contributed by atoms with van der Waals surface area (Å²) in [7, 11) is 0. The van der Waals surface area contributed by atoms with Crippen molar-refractivity contribution in [3.63, 3.8) is 0 Å². The largest absolute Gasteiger partial charge is 0.287 e. The number of hydrogen-bond donors (Lipinski definition) is 2. The molecule has 2 N–H and O–H groups in total. The van der Waals surface area contributed by atoms with Crippen LogP contribution < -0.4 is 10.9 Å². The molecule has 0 saturated heterocycles. The fourth-order valence-electron chi connectivity index (χ4n) is 1.78. The van der Waals surface area contributed by atoms with Gasteiger partial charge in [0.25, 0.3) is 5.91 Å². The fourth-order valence-corrected chi connectivity index (χ4v) is 1.78. The zero-order valence-corrected chi connectivity index (χ0v) is 10.8. The number of nitrogens with zero attached hydrogens (tertiary/aromatic N) is 1. The third kappa shape index (κ3) is 4.19. The number of carbonyl (C=O) groups excluding carboxylic acids is 1. The number of rotatable bonds is 5.